The molecule has 2 fully saturated rings. The van der Waals surface area contributed by atoms with Gasteiger partial charge in [-0.1, -0.05) is 0 Å². The smallest absolute Gasteiger partial charge is 0.352 e. The summed E-state index contributed by atoms with van der Waals surface area (Å²) in [6.07, 6.45) is -0.260. The summed E-state index contributed by atoms with van der Waals surface area (Å²) in [4.78, 5) is 41.2. The first-order chi connectivity index (χ1) is 16.5. The number of carbonyl (C=O) groups is 3. The standard InChI is InChI=1S/C24H34F3N5O3/c1-15(2)31(3)18-8-6-17(7-9-18)29-21(33)14-28-22(34)19-13-16(24(25,26)27)5-10-20(19)30-23(35)32-11-4-12-32/h5,10,13,15,17-18H,4,6-9,11-12,14H2,1-3H3,(H,28,34)(H,29,33)(H,30,35). The summed E-state index contributed by atoms with van der Waals surface area (Å²) in [6, 6.07) is 2.97. The number of hydrogen-bond acceptors (Lipinski definition) is 4. The van der Waals surface area contributed by atoms with Crippen molar-refractivity contribution in [2.24, 2.45) is 0 Å². The number of alkyl halides is 3. The van der Waals surface area contributed by atoms with Crippen molar-refractivity contribution in [1.29, 1.82) is 0 Å². The average Bonchev–Trinajstić information content (AvgIpc) is 2.75. The molecule has 1 aromatic carbocycles. The molecule has 2 aliphatic rings. The zero-order valence-electron chi connectivity index (χ0n) is 20.4. The Bertz CT molecular complexity index is 925. The van der Waals surface area contributed by atoms with Crippen LogP contribution in [0.2, 0.25) is 0 Å². The number of urea groups is 1. The van der Waals surface area contributed by atoms with Gasteiger partial charge in [0.2, 0.25) is 5.91 Å². The van der Waals surface area contributed by atoms with Gasteiger partial charge in [0.05, 0.1) is 23.4 Å². The number of rotatable bonds is 7. The van der Waals surface area contributed by atoms with Crippen LogP contribution in [-0.4, -0.2) is 72.5 Å². The van der Waals surface area contributed by atoms with Crippen molar-refractivity contribution in [2.45, 2.75) is 70.3 Å². The lowest BCUT2D eigenvalue weighted by Crippen LogP contribution is -2.47. The van der Waals surface area contributed by atoms with E-state index in [1.807, 2.05) is 0 Å². The number of halogens is 3. The maximum absolute atomic E-state index is 13.2. The van der Waals surface area contributed by atoms with Gasteiger partial charge < -0.3 is 25.8 Å². The quantitative estimate of drug-likeness (QED) is 0.538. The normalized spacial score (nSPS) is 20.4. The lowest BCUT2D eigenvalue weighted by atomic mass is 9.90. The maximum atomic E-state index is 13.2. The monoisotopic (exact) mass is 497 g/mol. The van der Waals surface area contributed by atoms with Crippen molar-refractivity contribution in [2.75, 3.05) is 32.0 Å². The molecule has 3 rings (SSSR count). The van der Waals surface area contributed by atoms with Gasteiger partial charge in [-0.2, -0.15) is 13.2 Å². The first-order valence-corrected chi connectivity index (χ1v) is 12.0. The third-order valence-corrected chi connectivity index (χ3v) is 6.84. The molecular formula is C24H34F3N5O3. The molecule has 11 heteroatoms. The highest BCUT2D eigenvalue weighted by molar-refractivity contribution is 6.04. The molecule has 1 aliphatic carbocycles. The van der Waals surface area contributed by atoms with E-state index in [9.17, 15) is 27.6 Å². The van der Waals surface area contributed by atoms with E-state index >= 15 is 0 Å². The number of amides is 4. The number of benzene rings is 1. The SMILES string of the molecule is CC(C)N(C)C1CCC(NC(=O)CNC(=O)c2cc(C(F)(F)F)ccc2NC(=O)N2CCC2)CC1. The summed E-state index contributed by atoms with van der Waals surface area (Å²) >= 11 is 0. The van der Waals surface area contributed by atoms with Gasteiger partial charge in [-0.3, -0.25) is 9.59 Å². The molecule has 0 unspecified atom stereocenters. The lowest BCUT2D eigenvalue weighted by molar-refractivity contribution is -0.137. The number of anilines is 1. The molecule has 1 saturated carbocycles. The van der Waals surface area contributed by atoms with Crippen LogP contribution in [0.15, 0.2) is 18.2 Å². The molecule has 194 valence electrons. The van der Waals surface area contributed by atoms with Gasteiger partial charge in [-0.15, -0.1) is 0 Å². The number of hydrogen-bond donors (Lipinski definition) is 3. The van der Waals surface area contributed by atoms with Crippen LogP contribution >= 0.6 is 0 Å². The highest BCUT2D eigenvalue weighted by Crippen LogP contribution is 2.32. The van der Waals surface area contributed by atoms with Crippen LogP contribution in [0.5, 0.6) is 0 Å². The molecule has 0 aromatic heterocycles. The van der Waals surface area contributed by atoms with Crippen molar-refractivity contribution in [3.05, 3.63) is 29.3 Å². The van der Waals surface area contributed by atoms with Crippen LogP contribution in [0, 0.1) is 0 Å². The van der Waals surface area contributed by atoms with Crippen LogP contribution in [-0.2, 0) is 11.0 Å². The summed E-state index contributed by atoms with van der Waals surface area (Å²) < 4.78 is 39.7. The van der Waals surface area contributed by atoms with Gasteiger partial charge in [-0.05, 0) is 71.2 Å². The first kappa shape index (κ1) is 26.8. The molecular weight excluding hydrogens is 463 g/mol. The topological polar surface area (TPSA) is 93.8 Å². The molecule has 35 heavy (non-hydrogen) atoms. The second kappa shape index (κ2) is 11.3. The van der Waals surface area contributed by atoms with Crippen molar-refractivity contribution >= 4 is 23.5 Å². The fourth-order valence-corrected chi connectivity index (χ4v) is 4.31. The van der Waals surface area contributed by atoms with Gasteiger partial charge >= 0.3 is 12.2 Å². The Morgan fingerprint density at radius 3 is 2.31 bits per heavy atom. The minimum Gasteiger partial charge on any atom is -0.352 e. The van der Waals surface area contributed by atoms with Crippen molar-refractivity contribution in [3.63, 3.8) is 0 Å². The van der Waals surface area contributed by atoms with Crippen molar-refractivity contribution in [3.8, 4) is 0 Å². The van der Waals surface area contributed by atoms with E-state index in [1.54, 1.807) is 0 Å². The Hall–Kier alpha value is -2.82. The van der Waals surface area contributed by atoms with E-state index in [2.05, 4.69) is 41.7 Å². The Kier molecular flexibility index (Phi) is 8.63. The maximum Gasteiger partial charge on any atom is 0.416 e. The predicted molar refractivity (Wildman–Crippen MR) is 126 cm³/mol. The molecule has 1 heterocycles. The fraction of sp³-hybridized carbons (Fsp3) is 0.625. The van der Waals surface area contributed by atoms with Gasteiger partial charge in [0.25, 0.3) is 5.91 Å². The van der Waals surface area contributed by atoms with Crippen molar-refractivity contribution in [1.82, 2.24) is 20.4 Å². The summed E-state index contributed by atoms with van der Waals surface area (Å²) in [5, 5.41) is 7.79. The Labute approximate surface area is 203 Å². The minimum absolute atomic E-state index is 0.00357. The molecule has 4 amide bonds. The second-order valence-corrected chi connectivity index (χ2v) is 9.54. The number of carbonyl (C=O) groups excluding carboxylic acids is 3. The van der Waals surface area contributed by atoms with E-state index in [1.165, 1.54) is 4.90 Å². The molecule has 1 aromatic rings. The van der Waals surface area contributed by atoms with E-state index in [0.29, 0.717) is 31.2 Å². The summed E-state index contributed by atoms with van der Waals surface area (Å²) in [7, 11) is 2.10. The van der Waals surface area contributed by atoms with E-state index < -0.39 is 29.6 Å². The Morgan fingerprint density at radius 1 is 1.11 bits per heavy atom. The van der Waals surface area contributed by atoms with Crippen LogP contribution in [0.1, 0.15) is 61.9 Å². The molecule has 8 nitrogen and oxygen atoms in total. The third kappa shape index (κ3) is 7.09. The predicted octanol–water partition coefficient (Wildman–Crippen LogP) is 3.44. The molecule has 0 bridgehead atoms. The zero-order valence-corrected chi connectivity index (χ0v) is 20.4. The largest absolute Gasteiger partial charge is 0.416 e. The molecule has 0 radical (unpaired) electrons. The van der Waals surface area contributed by atoms with Crippen LogP contribution in [0.4, 0.5) is 23.7 Å². The number of likely N-dealkylation sites (tertiary alicyclic amines) is 1. The highest BCUT2D eigenvalue weighted by atomic mass is 19.4. The molecule has 3 N–H and O–H groups in total. The van der Waals surface area contributed by atoms with Gasteiger partial charge in [0.15, 0.2) is 0 Å². The molecule has 1 aliphatic heterocycles. The summed E-state index contributed by atoms with van der Waals surface area (Å²) in [5.74, 6) is -1.27. The van der Waals surface area contributed by atoms with Gasteiger partial charge in [-0.25, -0.2) is 4.79 Å². The number of nitrogens with one attached hydrogen (secondary N) is 3. The molecule has 1 saturated heterocycles. The van der Waals surface area contributed by atoms with E-state index in [-0.39, 0.29) is 23.8 Å². The number of nitrogens with zero attached hydrogens (tertiary/aromatic N) is 2. The summed E-state index contributed by atoms with van der Waals surface area (Å²) in [6.45, 7) is 5.00. The lowest BCUT2D eigenvalue weighted by Gasteiger charge is -2.37. The van der Waals surface area contributed by atoms with E-state index in [4.69, 9.17) is 0 Å². The Balaban J connectivity index is 1.58. The fourth-order valence-electron chi connectivity index (χ4n) is 4.31. The second-order valence-electron chi connectivity index (χ2n) is 9.54. The van der Waals surface area contributed by atoms with Crippen LogP contribution in [0.25, 0.3) is 0 Å². The third-order valence-electron chi connectivity index (χ3n) is 6.84. The molecule has 0 spiro atoms. The van der Waals surface area contributed by atoms with Crippen LogP contribution in [0.3, 0.4) is 0 Å². The van der Waals surface area contributed by atoms with Crippen LogP contribution < -0.4 is 16.0 Å². The van der Waals surface area contributed by atoms with Gasteiger partial charge in [0, 0.05) is 31.2 Å². The minimum atomic E-state index is -4.66. The summed E-state index contributed by atoms with van der Waals surface area (Å²) in [5.41, 5.74) is -1.41. The Morgan fingerprint density at radius 2 is 1.77 bits per heavy atom. The van der Waals surface area contributed by atoms with Gasteiger partial charge in [0.1, 0.15) is 0 Å². The highest BCUT2D eigenvalue weighted by Gasteiger charge is 2.32. The van der Waals surface area contributed by atoms with Crippen molar-refractivity contribution < 1.29 is 27.6 Å². The first-order valence-electron chi connectivity index (χ1n) is 12.0. The zero-order chi connectivity index (χ0) is 25.8. The average molecular weight is 498 g/mol. The van der Waals surface area contributed by atoms with E-state index in [0.717, 1.165) is 44.2 Å². The molecule has 0 atom stereocenters.